The minimum absolute atomic E-state index is 0.854. The normalized spacial score (nSPS) is 10.9. The number of H-pyrrole nitrogens is 1. The second-order valence-corrected chi connectivity index (χ2v) is 3.92. The predicted molar refractivity (Wildman–Crippen MR) is 63.4 cm³/mol. The molecule has 0 saturated carbocycles. The quantitative estimate of drug-likeness (QED) is 0.851. The molecule has 4 heteroatoms. The fourth-order valence-corrected chi connectivity index (χ4v) is 2.16. The average Bonchev–Trinajstić information content (AvgIpc) is 2.87. The summed E-state index contributed by atoms with van der Waals surface area (Å²) >= 11 is 0. The molecule has 0 aliphatic heterocycles. The lowest BCUT2D eigenvalue weighted by Gasteiger charge is -2.02. The van der Waals surface area contributed by atoms with Gasteiger partial charge in [0.1, 0.15) is 5.82 Å². The highest BCUT2D eigenvalue weighted by atomic mass is 15.3. The van der Waals surface area contributed by atoms with Gasteiger partial charge >= 0.3 is 0 Å². The number of aromatic nitrogens is 4. The Kier molecular flexibility index (Phi) is 3.08. The molecule has 2 rings (SSSR count). The summed E-state index contributed by atoms with van der Waals surface area (Å²) in [4.78, 5) is 7.43. The second kappa shape index (κ2) is 4.51. The number of imidazole rings is 1. The van der Waals surface area contributed by atoms with Gasteiger partial charge in [-0.25, -0.2) is 4.98 Å². The lowest BCUT2D eigenvalue weighted by Crippen LogP contribution is -2.00. The molecule has 0 spiro atoms. The summed E-state index contributed by atoms with van der Waals surface area (Å²) in [5.41, 5.74) is 3.84. The molecule has 1 N–H and O–H groups in total. The van der Waals surface area contributed by atoms with Crippen LogP contribution < -0.4 is 0 Å². The fraction of sp³-hybridized carbons (Fsp3) is 0.500. The van der Waals surface area contributed by atoms with Crippen molar-refractivity contribution in [3.63, 3.8) is 0 Å². The number of hydrogen-bond acceptors (Lipinski definition) is 2. The lowest BCUT2D eigenvalue weighted by molar-refractivity contribution is 0.703. The van der Waals surface area contributed by atoms with Crippen molar-refractivity contribution in [3.8, 4) is 0 Å². The van der Waals surface area contributed by atoms with Crippen LogP contribution in [0, 0.1) is 0 Å². The number of hydrogen-bond donors (Lipinski definition) is 1. The molecule has 0 unspecified atom stereocenters. The average molecular weight is 218 g/mol. The molecule has 0 aromatic carbocycles. The van der Waals surface area contributed by atoms with E-state index in [4.69, 9.17) is 0 Å². The van der Waals surface area contributed by atoms with Gasteiger partial charge in [-0.15, -0.1) is 0 Å². The molecular weight excluding hydrogens is 200 g/mol. The zero-order chi connectivity index (χ0) is 11.5. The van der Waals surface area contributed by atoms with Gasteiger partial charge in [0.05, 0.1) is 5.69 Å². The summed E-state index contributed by atoms with van der Waals surface area (Å²) < 4.78 is 2.00. The van der Waals surface area contributed by atoms with Crippen LogP contribution in [0.3, 0.4) is 0 Å². The van der Waals surface area contributed by atoms with Crippen LogP contribution in [0.5, 0.6) is 0 Å². The van der Waals surface area contributed by atoms with Crippen LogP contribution in [0.4, 0.5) is 0 Å². The van der Waals surface area contributed by atoms with Crippen molar-refractivity contribution in [2.75, 3.05) is 0 Å². The highest BCUT2D eigenvalue weighted by molar-refractivity contribution is 5.29. The highest BCUT2D eigenvalue weighted by Gasteiger charge is 2.14. The first-order valence-corrected chi connectivity index (χ1v) is 5.78. The van der Waals surface area contributed by atoms with Gasteiger partial charge in [0, 0.05) is 37.1 Å². The van der Waals surface area contributed by atoms with E-state index in [-0.39, 0.29) is 0 Å². The molecule has 4 nitrogen and oxygen atoms in total. The minimum atomic E-state index is 0.854. The number of aryl methyl sites for hydroxylation is 2. The first kappa shape index (κ1) is 10.9. The van der Waals surface area contributed by atoms with Crippen molar-refractivity contribution in [1.29, 1.82) is 0 Å². The van der Waals surface area contributed by atoms with Gasteiger partial charge in [-0.1, -0.05) is 13.8 Å². The maximum atomic E-state index is 4.56. The maximum Gasteiger partial charge on any atom is 0.110 e. The van der Waals surface area contributed by atoms with Crippen LogP contribution >= 0.6 is 0 Å². The number of rotatable bonds is 4. The Morgan fingerprint density at radius 3 is 2.69 bits per heavy atom. The third kappa shape index (κ3) is 1.87. The molecule has 2 aromatic rings. The Balaban J connectivity index is 2.37. The summed E-state index contributed by atoms with van der Waals surface area (Å²) in [5.74, 6) is 1.01. The molecule has 0 fully saturated rings. The lowest BCUT2D eigenvalue weighted by atomic mass is 10.1. The van der Waals surface area contributed by atoms with Crippen molar-refractivity contribution in [1.82, 2.24) is 19.7 Å². The van der Waals surface area contributed by atoms with Gasteiger partial charge in [0.2, 0.25) is 0 Å². The molecule has 2 aromatic heterocycles. The van der Waals surface area contributed by atoms with Crippen LogP contribution in [0.1, 0.15) is 36.6 Å². The standard InChI is InChI=1S/C12H18N4/c1-4-10-9(8-12-13-6-7-14-12)11(5-2)16(3)15-10/h6-7H,4-5,8H2,1-3H3,(H,13,14). The van der Waals surface area contributed by atoms with Crippen molar-refractivity contribution >= 4 is 0 Å². The van der Waals surface area contributed by atoms with Gasteiger partial charge in [0.25, 0.3) is 0 Å². The Bertz CT molecular complexity index is 454. The highest BCUT2D eigenvalue weighted by Crippen LogP contribution is 2.17. The molecule has 86 valence electrons. The van der Waals surface area contributed by atoms with Crippen molar-refractivity contribution in [3.05, 3.63) is 35.2 Å². The van der Waals surface area contributed by atoms with Crippen molar-refractivity contribution in [2.45, 2.75) is 33.1 Å². The summed E-state index contributed by atoms with van der Waals surface area (Å²) in [6, 6.07) is 0. The van der Waals surface area contributed by atoms with E-state index in [0.29, 0.717) is 0 Å². The van der Waals surface area contributed by atoms with Gasteiger partial charge in [-0.05, 0) is 12.8 Å². The van der Waals surface area contributed by atoms with Crippen molar-refractivity contribution in [2.24, 2.45) is 7.05 Å². The third-order valence-corrected chi connectivity index (χ3v) is 2.93. The zero-order valence-electron chi connectivity index (χ0n) is 10.1. The van der Waals surface area contributed by atoms with Crippen LogP contribution in [-0.4, -0.2) is 19.7 Å². The maximum absolute atomic E-state index is 4.56. The van der Waals surface area contributed by atoms with Gasteiger partial charge in [0.15, 0.2) is 0 Å². The topological polar surface area (TPSA) is 46.5 Å². The zero-order valence-corrected chi connectivity index (χ0v) is 10.1. The molecule has 2 heterocycles. The summed E-state index contributed by atoms with van der Waals surface area (Å²) in [6.07, 6.45) is 6.50. The van der Waals surface area contributed by atoms with Gasteiger partial charge in [-0.3, -0.25) is 4.68 Å². The van der Waals surface area contributed by atoms with E-state index in [2.05, 4.69) is 28.9 Å². The van der Waals surface area contributed by atoms with E-state index in [0.717, 1.165) is 25.1 Å². The van der Waals surface area contributed by atoms with Crippen LogP contribution in [0.25, 0.3) is 0 Å². The van der Waals surface area contributed by atoms with E-state index in [1.807, 2.05) is 17.9 Å². The van der Waals surface area contributed by atoms with Crippen molar-refractivity contribution < 1.29 is 0 Å². The second-order valence-electron chi connectivity index (χ2n) is 3.92. The molecule has 0 amide bonds. The van der Waals surface area contributed by atoms with E-state index in [9.17, 15) is 0 Å². The minimum Gasteiger partial charge on any atom is -0.348 e. The molecule has 16 heavy (non-hydrogen) atoms. The summed E-state index contributed by atoms with van der Waals surface area (Å²) in [7, 11) is 2.02. The van der Waals surface area contributed by atoms with E-state index < -0.39 is 0 Å². The monoisotopic (exact) mass is 218 g/mol. The van der Waals surface area contributed by atoms with Crippen LogP contribution in [-0.2, 0) is 26.3 Å². The third-order valence-electron chi connectivity index (χ3n) is 2.93. The van der Waals surface area contributed by atoms with Crippen LogP contribution in [0.2, 0.25) is 0 Å². The fourth-order valence-electron chi connectivity index (χ4n) is 2.16. The Morgan fingerprint density at radius 1 is 1.31 bits per heavy atom. The van der Waals surface area contributed by atoms with Crippen LogP contribution in [0.15, 0.2) is 12.4 Å². The number of nitrogens with zero attached hydrogens (tertiary/aromatic N) is 3. The van der Waals surface area contributed by atoms with Gasteiger partial charge in [-0.2, -0.15) is 5.10 Å². The molecule has 0 radical (unpaired) electrons. The first-order chi connectivity index (χ1) is 7.76. The Labute approximate surface area is 95.7 Å². The molecule has 0 atom stereocenters. The smallest absolute Gasteiger partial charge is 0.110 e. The molecule has 0 aliphatic carbocycles. The molecule has 0 aliphatic rings. The summed E-state index contributed by atoms with van der Waals surface area (Å²) in [6.45, 7) is 4.31. The Hall–Kier alpha value is -1.58. The molecular formula is C12H18N4. The summed E-state index contributed by atoms with van der Waals surface area (Å²) in [5, 5.41) is 4.56. The SMILES string of the molecule is CCc1nn(C)c(CC)c1Cc1ncc[nH]1. The molecule has 0 bridgehead atoms. The van der Waals surface area contributed by atoms with Gasteiger partial charge < -0.3 is 4.98 Å². The first-order valence-electron chi connectivity index (χ1n) is 5.78. The molecule has 0 saturated heterocycles. The van der Waals surface area contributed by atoms with E-state index >= 15 is 0 Å². The largest absolute Gasteiger partial charge is 0.348 e. The van der Waals surface area contributed by atoms with E-state index in [1.54, 1.807) is 6.20 Å². The number of aromatic amines is 1. The number of nitrogens with one attached hydrogen (secondary N) is 1. The Morgan fingerprint density at radius 2 is 2.12 bits per heavy atom. The van der Waals surface area contributed by atoms with E-state index in [1.165, 1.54) is 17.0 Å². The predicted octanol–water partition coefficient (Wildman–Crippen LogP) is 1.86.